The minimum absolute atomic E-state index is 0.186. The Balaban J connectivity index is 2.35. The van der Waals surface area contributed by atoms with Crippen molar-refractivity contribution in [1.82, 2.24) is 4.98 Å². The first-order chi connectivity index (χ1) is 9.40. The molecular weight excluding hydrogens is 276 g/mol. The van der Waals surface area contributed by atoms with Crippen LogP contribution in [0.15, 0.2) is 41.3 Å². The average Bonchev–Trinajstić information content (AvgIpc) is 2.37. The molecule has 0 aliphatic heterocycles. The molecule has 0 bridgehead atoms. The SMILES string of the molecule is COc1cc(C)nc(CS(=O)(=O)c2cccc(N)c2)c1. The van der Waals surface area contributed by atoms with Crippen LogP contribution in [-0.4, -0.2) is 20.5 Å². The summed E-state index contributed by atoms with van der Waals surface area (Å²) in [6, 6.07) is 9.61. The molecule has 0 aliphatic rings. The van der Waals surface area contributed by atoms with Crippen LogP contribution in [0.5, 0.6) is 5.75 Å². The second-order valence-corrected chi connectivity index (χ2v) is 6.46. The summed E-state index contributed by atoms with van der Waals surface area (Å²) in [6.45, 7) is 1.79. The van der Waals surface area contributed by atoms with Crippen molar-refractivity contribution >= 4 is 15.5 Å². The molecule has 0 atom stereocenters. The zero-order valence-corrected chi connectivity index (χ0v) is 12.1. The van der Waals surface area contributed by atoms with Crippen molar-refractivity contribution < 1.29 is 13.2 Å². The van der Waals surface area contributed by atoms with Gasteiger partial charge >= 0.3 is 0 Å². The van der Waals surface area contributed by atoms with Gasteiger partial charge in [0, 0.05) is 23.5 Å². The Morgan fingerprint density at radius 3 is 2.65 bits per heavy atom. The molecule has 0 fully saturated rings. The summed E-state index contributed by atoms with van der Waals surface area (Å²) in [4.78, 5) is 4.42. The third kappa shape index (κ3) is 3.27. The second kappa shape index (κ2) is 5.50. The van der Waals surface area contributed by atoms with Gasteiger partial charge < -0.3 is 10.5 Å². The summed E-state index contributed by atoms with van der Waals surface area (Å²) >= 11 is 0. The molecule has 0 spiro atoms. The molecule has 106 valence electrons. The van der Waals surface area contributed by atoms with Crippen molar-refractivity contribution in [1.29, 1.82) is 0 Å². The lowest BCUT2D eigenvalue weighted by atomic mass is 10.3. The number of nitrogen functional groups attached to an aromatic ring is 1. The van der Waals surface area contributed by atoms with Gasteiger partial charge in [-0.05, 0) is 25.1 Å². The monoisotopic (exact) mass is 292 g/mol. The fourth-order valence-electron chi connectivity index (χ4n) is 1.88. The Bertz CT molecular complexity index is 727. The van der Waals surface area contributed by atoms with Crippen LogP contribution in [0.1, 0.15) is 11.4 Å². The van der Waals surface area contributed by atoms with Crippen molar-refractivity contribution in [3.63, 3.8) is 0 Å². The van der Waals surface area contributed by atoms with Crippen LogP contribution in [0.4, 0.5) is 5.69 Å². The summed E-state index contributed by atoms with van der Waals surface area (Å²) in [6.07, 6.45) is 0. The van der Waals surface area contributed by atoms with E-state index >= 15 is 0 Å². The number of ether oxygens (including phenoxy) is 1. The molecule has 2 aromatic rings. The van der Waals surface area contributed by atoms with Crippen molar-refractivity contribution in [3.05, 3.63) is 47.8 Å². The number of methoxy groups -OCH3 is 1. The molecule has 0 unspecified atom stereocenters. The molecule has 0 saturated heterocycles. The molecule has 20 heavy (non-hydrogen) atoms. The van der Waals surface area contributed by atoms with E-state index in [-0.39, 0.29) is 10.6 Å². The number of aromatic nitrogens is 1. The first-order valence-corrected chi connectivity index (χ1v) is 7.66. The van der Waals surface area contributed by atoms with Crippen molar-refractivity contribution in [2.75, 3.05) is 12.8 Å². The molecule has 6 heteroatoms. The molecule has 1 aromatic heterocycles. The lowest BCUT2D eigenvalue weighted by molar-refractivity contribution is 0.413. The quantitative estimate of drug-likeness (QED) is 0.871. The highest BCUT2D eigenvalue weighted by Gasteiger charge is 2.17. The molecule has 5 nitrogen and oxygen atoms in total. The summed E-state index contributed by atoms with van der Waals surface area (Å²) in [5.74, 6) is 0.407. The van der Waals surface area contributed by atoms with E-state index < -0.39 is 9.84 Å². The van der Waals surface area contributed by atoms with Gasteiger partial charge in [-0.3, -0.25) is 4.98 Å². The fraction of sp³-hybridized carbons (Fsp3) is 0.214. The number of hydrogen-bond donors (Lipinski definition) is 1. The predicted molar refractivity (Wildman–Crippen MR) is 77.3 cm³/mol. The van der Waals surface area contributed by atoms with Gasteiger partial charge in [0.2, 0.25) is 0 Å². The van der Waals surface area contributed by atoms with Gasteiger partial charge in [0.05, 0.1) is 23.5 Å². The van der Waals surface area contributed by atoms with Crippen molar-refractivity contribution in [3.8, 4) is 5.75 Å². The van der Waals surface area contributed by atoms with Gasteiger partial charge in [-0.15, -0.1) is 0 Å². The van der Waals surface area contributed by atoms with Crippen LogP contribution < -0.4 is 10.5 Å². The number of nitrogens with zero attached hydrogens (tertiary/aromatic N) is 1. The maximum absolute atomic E-state index is 12.3. The standard InChI is InChI=1S/C14H16N2O3S/c1-10-6-13(19-2)8-12(16-10)9-20(17,18)14-5-3-4-11(15)7-14/h3-8H,9,15H2,1-2H3. The third-order valence-electron chi connectivity index (χ3n) is 2.77. The molecule has 2 N–H and O–H groups in total. The number of benzene rings is 1. The Morgan fingerprint density at radius 1 is 1.25 bits per heavy atom. The van der Waals surface area contributed by atoms with Gasteiger partial charge in [-0.1, -0.05) is 6.07 Å². The van der Waals surface area contributed by atoms with Crippen molar-refractivity contribution in [2.24, 2.45) is 0 Å². The number of nitrogens with two attached hydrogens (primary N) is 1. The number of sulfone groups is 1. The van der Waals surface area contributed by atoms with Crippen molar-refractivity contribution in [2.45, 2.75) is 17.6 Å². The summed E-state index contributed by atoms with van der Waals surface area (Å²) in [5, 5.41) is 0. The first kappa shape index (κ1) is 14.3. The van der Waals surface area contributed by atoms with Crippen LogP contribution in [-0.2, 0) is 15.6 Å². The molecule has 1 heterocycles. The summed E-state index contributed by atoms with van der Waals surface area (Å²) in [7, 11) is -1.94. The highest BCUT2D eigenvalue weighted by atomic mass is 32.2. The predicted octanol–water partition coefficient (Wildman–Crippen LogP) is 1.95. The lowest BCUT2D eigenvalue weighted by Gasteiger charge is -2.08. The Hall–Kier alpha value is -2.08. The third-order valence-corrected chi connectivity index (χ3v) is 4.42. The molecular formula is C14H16N2O3S. The highest BCUT2D eigenvalue weighted by molar-refractivity contribution is 7.90. The molecule has 1 aromatic carbocycles. The largest absolute Gasteiger partial charge is 0.497 e. The number of pyridine rings is 1. The Labute approximate surface area is 118 Å². The smallest absolute Gasteiger partial charge is 0.184 e. The molecule has 2 rings (SSSR count). The van der Waals surface area contributed by atoms with E-state index in [1.165, 1.54) is 19.2 Å². The van der Waals surface area contributed by atoms with E-state index in [2.05, 4.69) is 4.98 Å². The summed E-state index contributed by atoms with van der Waals surface area (Å²) < 4.78 is 29.8. The maximum atomic E-state index is 12.3. The van der Waals surface area contributed by atoms with E-state index in [4.69, 9.17) is 10.5 Å². The van der Waals surface area contributed by atoms with Gasteiger partial charge in [0.15, 0.2) is 9.84 Å². The molecule has 0 amide bonds. The van der Waals surface area contributed by atoms with Gasteiger partial charge in [0.1, 0.15) is 5.75 Å². The highest BCUT2D eigenvalue weighted by Crippen LogP contribution is 2.20. The van der Waals surface area contributed by atoms with E-state index in [1.54, 1.807) is 31.2 Å². The van der Waals surface area contributed by atoms with E-state index in [0.717, 1.165) is 0 Å². The maximum Gasteiger partial charge on any atom is 0.184 e. The van der Waals surface area contributed by atoms with E-state index in [0.29, 0.717) is 22.8 Å². The number of anilines is 1. The lowest BCUT2D eigenvalue weighted by Crippen LogP contribution is -2.07. The van der Waals surface area contributed by atoms with Crippen LogP contribution >= 0.6 is 0 Å². The zero-order chi connectivity index (χ0) is 14.8. The minimum Gasteiger partial charge on any atom is -0.497 e. The van der Waals surface area contributed by atoms with Gasteiger partial charge in [-0.25, -0.2) is 8.42 Å². The van der Waals surface area contributed by atoms with Crippen LogP contribution in [0.2, 0.25) is 0 Å². The fourth-order valence-corrected chi connectivity index (χ4v) is 3.19. The van der Waals surface area contributed by atoms with E-state index in [9.17, 15) is 8.42 Å². The molecule has 0 radical (unpaired) electrons. The van der Waals surface area contributed by atoms with Gasteiger partial charge in [-0.2, -0.15) is 0 Å². The molecule has 0 aliphatic carbocycles. The van der Waals surface area contributed by atoms with Crippen LogP contribution in [0, 0.1) is 6.92 Å². The minimum atomic E-state index is -3.48. The zero-order valence-electron chi connectivity index (χ0n) is 11.3. The van der Waals surface area contributed by atoms with Gasteiger partial charge in [0.25, 0.3) is 0 Å². The van der Waals surface area contributed by atoms with E-state index in [1.807, 2.05) is 0 Å². The molecule has 0 saturated carbocycles. The Kier molecular flexibility index (Phi) is 3.94. The second-order valence-electron chi connectivity index (χ2n) is 4.47. The Morgan fingerprint density at radius 2 is 2.00 bits per heavy atom. The number of aryl methyl sites for hydroxylation is 1. The average molecular weight is 292 g/mol. The van der Waals surface area contributed by atoms with Crippen LogP contribution in [0.25, 0.3) is 0 Å². The first-order valence-electron chi connectivity index (χ1n) is 6.00. The normalized spacial score (nSPS) is 11.3. The summed E-state index contributed by atoms with van der Waals surface area (Å²) in [5.41, 5.74) is 7.19. The number of hydrogen-bond acceptors (Lipinski definition) is 5. The number of rotatable bonds is 4. The topological polar surface area (TPSA) is 82.3 Å². The van der Waals surface area contributed by atoms with Crippen LogP contribution in [0.3, 0.4) is 0 Å².